The second-order valence-corrected chi connectivity index (χ2v) is 3.34. The summed E-state index contributed by atoms with van der Waals surface area (Å²) in [6.45, 7) is 0. The first-order valence-corrected chi connectivity index (χ1v) is 4.14. The van der Waals surface area contributed by atoms with Crippen LogP contribution in [0.1, 0.15) is 25.0 Å². The highest BCUT2D eigenvalue weighted by atomic mass is 19.1. The topological polar surface area (TPSA) is 50.4 Å². The Kier molecular flexibility index (Phi) is 1.65. The molecule has 0 radical (unpaired) electrons. The van der Waals surface area contributed by atoms with E-state index in [1.54, 1.807) is 0 Å². The second-order valence-electron chi connectivity index (χ2n) is 3.34. The monoisotopic (exact) mass is 184 g/mol. The highest BCUT2D eigenvalue weighted by Crippen LogP contribution is 2.44. The summed E-state index contributed by atoms with van der Waals surface area (Å²) < 4.78 is 17.2. The summed E-state index contributed by atoms with van der Waals surface area (Å²) in [5, 5.41) is 8.96. The van der Waals surface area contributed by atoms with Crippen LogP contribution in [0, 0.1) is 6.01 Å². The lowest BCUT2D eigenvalue weighted by molar-refractivity contribution is -0.148. The predicted molar refractivity (Wildman–Crippen MR) is 41.8 cm³/mol. The maximum absolute atomic E-state index is 12.5. The molecule has 1 aromatic rings. The number of carboxylic acids is 1. The molecule has 0 amide bonds. The van der Waals surface area contributed by atoms with Crippen LogP contribution in [0.4, 0.5) is 4.39 Å². The lowest BCUT2D eigenvalue weighted by atomic mass is 9.67. The molecule has 0 aliphatic heterocycles. The van der Waals surface area contributed by atoms with Gasteiger partial charge in [-0.25, -0.2) is 0 Å². The molecule has 0 saturated heterocycles. The van der Waals surface area contributed by atoms with Crippen LogP contribution in [0.2, 0.25) is 0 Å². The van der Waals surface area contributed by atoms with Gasteiger partial charge in [0.1, 0.15) is 11.2 Å². The molecule has 1 aliphatic rings. The van der Waals surface area contributed by atoms with Crippen LogP contribution in [0.5, 0.6) is 0 Å². The zero-order valence-electron chi connectivity index (χ0n) is 6.92. The van der Waals surface area contributed by atoms with Crippen molar-refractivity contribution in [1.29, 1.82) is 0 Å². The average molecular weight is 184 g/mol. The van der Waals surface area contributed by atoms with E-state index in [1.165, 1.54) is 6.07 Å². The minimum absolute atomic E-state index is 0.240. The first-order valence-electron chi connectivity index (χ1n) is 4.14. The molecule has 1 aliphatic carbocycles. The molecule has 13 heavy (non-hydrogen) atoms. The molecule has 0 atom stereocenters. The normalized spacial score (nSPS) is 19.5. The summed E-state index contributed by atoms with van der Waals surface area (Å²) in [6, 6.07) is 1.84. The van der Waals surface area contributed by atoms with E-state index in [0.717, 1.165) is 12.5 Å². The Morgan fingerprint density at radius 2 is 2.23 bits per heavy atom. The highest BCUT2D eigenvalue weighted by Gasteiger charge is 2.48. The van der Waals surface area contributed by atoms with Crippen LogP contribution in [0.15, 0.2) is 16.5 Å². The van der Waals surface area contributed by atoms with Crippen molar-refractivity contribution in [3.8, 4) is 0 Å². The van der Waals surface area contributed by atoms with Gasteiger partial charge < -0.3 is 9.52 Å². The molecule has 1 aromatic heterocycles. The van der Waals surface area contributed by atoms with E-state index in [9.17, 15) is 9.18 Å². The number of carboxylic acid groups (broad SMARTS) is 1. The van der Waals surface area contributed by atoms with Crippen molar-refractivity contribution in [2.45, 2.75) is 24.7 Å². The van der Waals surface area contributed by atoms with Crippen molar-refractivity contribution in [3.63, 3.8) is 0 Å². The van der Waals surface area contributed by atoms with Crippen molar-refractivity contribution in [2.24, 2.45) is 0 Å². The van der Waals surface area contributed by atoms with Gasteiger partial charge in [-0.1, -0.05) is 6.42 Å². The van der Waals surface area contributed by atoms with Gasteiger partial charge in [0, 0.05) is 6.07 Å². The minimum atomic E-state index is -0.954. The molecule has 0 bridgehead atoms. The number of hydrogen-bond acceptors (Lipinski definition) is 2. The lowest BCUT2D eigenvalue weighted by Crippen LogP contribution is -2.41. The number of furan rings is 1. The fourth-order valence-electron chi connectivity index (χ4n) is 1.67. The largest absolute Gasteiger partial charge is 0.480 e. The number of halogens is 1. The molecule has 4 heteroatoms. The molecule has 2 rings (SSSR count). The Balaban J connectivity index is 2.37. The van der Waals surface area contributed by atoms with E-state index in [-0.39, 0.29) is 5.76 Å². The van der Waals surface area contributed by atoms with Crippen molar-refractivity contribution in [3.05, 3.63) is 23.9 Å². The van der Waals surface area contributed by atoms with Gasteiger partial charge in [-0.3, -0.25) is 4.79 Å². The Morgan fingerprint density at radius 1 is 1.54 bits per heavy atom. The van der Waals surface area contributed by atoms with Crippen molar-refractivity contribution in [2.75, 3.05) is 0 Å². The van der Waals surface area contributed by atoms with E-state index in [4.69, 9.17) is 9.52 Å². The third kappa shape index (κ3) is 1.05. The fraction of sp³-hybridized carbons (Fsp3) is 0.444. The quantitative estimate of drug-likeness (QED) is 0.763. The fourth-order valence-corrected chi connectivity index (χ4v) is 1.67. The molecule has 1 saturated carbocycles. The molecule has 3 nitrogen and oxygen atoms in total. The molecule has 1 N–H and O–H groups in total. The molecular formula is C9H9FO3. The Hall–Kier alpha value is -1.32. The van der Waals surface area contributed by atoms with E-state index in [1.807, 2.05) is 0 Å². The number of carbonyl (C=O) groups is 1. The van der Waals surface area contributed by atoms with Crippen LogP contribution < -0.4 is 0 Å². The number of aliphatic carboxylic acids is 1. The predicted octanol–water partition coefficient (Wildman–Crippen LogP) is 1.93. The van der Waals surface area contributed by atoms with Crippen molar-refractivity contribution >= 4 is 5.97 Å². The summed E-state index contributed by atoms with van der Waals surface area (Å²) in [5.41, 5.74) is -0.954. The molecular weight excluding hydrogens is 175 g/mol. The van der Waals surface area contributed by atoms with Crippen LogP contribution in [0.3, 0.4) is 0 Å². The van der Waals surface area contributed by atoms with Crippen LogP contribution in [-0.4, -0.2) is 11.1 Å². The summed E-state index contributed by atoms with van der Waals surface area (Å²) in [6.07, 6.45) is 1.93. The van der Waals surface area contributed by atoms with Gasteiger partial charge in [0.2, 0.25) is 0 Å². The van der Waals surface area contributed by atoms with Gasteiger partial charge in [-0.05, 0) is 18.9 Å². The van der Waals surface area contributed by atoms with E-state index >= 15 is 0 Å². The molecule has 1 fully saturated rings. The second kappa shape index (κ2) is 2.58. The molecule has 0 spiro atoms. The summed E-state index contributed by atoms with van der Waals surface area (Å²) >= 11 is 0. The zero-order valence-corrected chi connectivity index (χ0v) is 6.92. The van der Waals surface area contributed by atoms with Gasteiger partial charge >= 0.3 is 5.97 Å². The van der Waals surface area contributed by atoms with Gasteiger partial charge in [0.25, 0.3) is 6.01 Å². The third-order valence-electron chi connectivity index (χ3n) is 2.66. The maximum Gasteiger partial charge on any atom is 0.317 e. The summed E-state index contributed by atoms with van der Waals surface area (Å²) in [7, 11) is 0. The van der Waals surface area contributed by atoms with Gasteiger partial charge in [0.05, 0.1) is 0 Å². The number of rotatable bonds is 2. The van der Waals surface area contributed by atoms with Gasteiger partial charge in [0.15, 0.2) is 0 Å². The number of hydrogen-bond donors (Lipinski definition) is 1. The Morgan fingerprint density at radius 3 is 2.54 bits per heavy atom. The molecule has 1 heterocycles. The molecule has 70 valence electrons. The standard InChI is InChI=1S/C9H9FO3/c10-7-3-2-6(13-7)9(8(11)12)4-1-5-9/h2-3H,1,4-5H2,(H,11,12). The van der Waals surface area contributed by atoms with E-state index in [0.29, 0.717) is 12.8 Å². The van der Waals surface area contributed by atoms with Crippen LogP contribution in [0.25, 0.3) is 0 Å². The van der Waals surface area contributed by atoms with Crippen molar-refractivity contribution < 1.29 is 18.7 Å². The maximum atomic E-state index is 12.5. The highest BCUT2D eigenvalue weighted by molar-refractivity contribution is 5.81. The Labute approximate surface area is 74.2 Å². The first kappa shape index (κ1) is 8.29. The lowest BCUT2D eigenvalue weighted by Gasteiger charge is -2.35. The third-order valence-corrected chi connectivity index (χ3v) is 2.66. The van der Waals surface area contributed by atoms with Gasteiger partial charge in [-0.15, -0.1) is 0 Å². The zero-order chi connectivity index (χ0) is 9.47. The van der Waals surface area contributed by atoms with Crippen LogP contribution in [-0.2, 0) is 10.2 Å². The summed E-state index contributed by atoms with van der Waals surface area (Å²) in [4.78, 5) is 10.9. The smallest absolute Gasteiger partial charge is 0.317 e. The first-order chi connectivity index (χ1) is 6.15. The SMILES string of the molecule is O=C(O)C1(c2ccc(F)o2)CCC1. The summed E-state index contributed by atoms with van der Waals surface area (Å²) in [5.74, 6) is -0.683. The van der Waals surface area contributed by atoms with Gasteiger partial charge in [-0.2, -0.15) is 4.39 Å². The van der Waals surface area contributed by atoms with Crippen LogP contribution >= 0.6 is 0 Å². The van der Waals surface area contributed by atoms with E-state index < -0.39 is 17.4 Å². The Bertz CT molecular complexity index is 338. The minimum Gasteiger partial charge on any atom is -0.480 e. The van der Waals surface area contributed by atoms with E-state index in [2.05, 4.69) is 0 Å². The molecule has 0 unspecified atom stereocenters. The molecule has 0 aromatic carbocycles. The van der Waals surface area contributed by atoms with Crippen molar-refractivity contribution in [1.82, 2.24) is 0 Å². The average Bonchev–Trinajstić information content (AvgIpc) is 2.32.